The minimum Gasteiger partial charge on any atom is -0.467 e. The SMILES string of the molecule is O=[N+]([O-])c1cc[c-]cc1.[CH2-]CN(C[CH2-])Cc1occc1C(=O)Nc1ccc2nc(C)c(C)c(N)c2c1.[Li+]. The third-order valence-corrected chi connectivity index (χ3v) is 5.68. The topological polar surface area (TPSA) is 128 Å². The zero-order chi connectivity index (χ0) is 26.2. The number of nitrogens with one attached hydrogen (secondary N) is 1. The number of aryl methyl sites for hydroxylation is 1. The van der Waals surface area contributed by atoms with Gasteiger partial charge in [0, 0.05) is 27.4 Å². The number of pyridine rings is 1. The van der Waals surface area contributed by atoms with Crippen LogP contribution < -0.4 is 29.9 Å². The van der Waals surface area contributed by atoms with Crippen molar-refractivity contribution in [1.29, 1.82) is 0 Å². The Morgan fingerprint density at radius 3 is 2.46 bits per heavy atom. The Balaban J connectivity index is 0.000000408. The number of rotatable bonds is 7. The number of non-ortho nitro benzene ring substituents is 1. The molecule has 188 valence electrons. The molecule has 0 aliphatic carbocycles. The predicted molar refractivity (Wildman–Crippen MR) is 140 cm³/mol. The standard InChI is InChI=1S/C21H24N4O2.C6H4NO2.Li/c1-5-25(6-2)12-19-16(9-10-27-19)21(26)24-15-7-8-18-17(11-15)20(22)13(3)14(4)23-18;8-7(9)6-4-2-1-3-5-6;/h7-11H,1-2,5-6,12H2,3-4H3,(H2,22,23)(H,24,26);2-5H;/q-2;-1;+1. The summed E-state index contributed by atoms with van der Waals surface area (Å²) < 4.78 is 5.49. The predicted octanol–water partition coefficient (Wildman–Crippen LogP) is 2.15. The molecule has 0 saturated carbocycles. The van der Waals surface area contributed by atoms with Gasteiger partial charge in [-0.3, -0.25) is 19.9 Å². The van der Waals surface area contributed by atoms with Gasteiger partial charge in [0.25, 0.3) is 5.91 Å². The zero-order valence-electron chi connectivity index (χ0n) is 21.3. The molecule has 10 heteroatoms. The summed E-state index contributed by atoms with van der Waals surface area (Å²) in [6.45, 7) is 13.2. The number of furan rings is 1. The van der Waals surface area contributed by atoms with Crippen LogP contribution >= 0.6 is 0 Å². The summed E-state index contributed by atoms with van der Waals surface area (Å²) in [5, 5.41) is 13.7. The molecular weight excluding hydrogens is 465 g/mol. The van der Waals surface area contributed by atoms with Gasteiger partial charge in [-0.2, -0.15) is 18.2 Å². The van der Waals surface area contributed by atoms with E-state index in [2.05, 4.69) is 30.2 Å². The number of nitrogen functional groups attached to an aromatic ring is 1. The molecule has 0 atom stereocenters. The maximum absolute atomic E-state index is 12.7. The Morgan fingerprint density at radius 2 is 1.86 bits per heavy atom. The van der Waals surface area contributed by atoms with Crippen LogP contribution in [0.2, 0.25) is 0 Å². The molecule has 3 N–H and O–H groups in total. The van der Waals surface area contributed by atoms with Gasteiger partial charge in [-0.1, -0.05) is 12.1 Å². The van der Waals surface area contributed by atoms with Crippen LogP contribution in [0, 0.1) is 43.9 Å². The molecule has 2 heterocycles. The van der Waals surface area contributed by atoms with Crippen LogP contribution in [0.1, 0.15) is 27.4 Å². The number of aromatic nitrogens is 1. The van der Waals surface area contributed by atoms with E-state index in [0.717, 1.165) is 22.2 Å². The first kappa shape index (κ1) is 29.6. The Labute approximate surface area is 228 Å². The quantitative estimate of drug-likeness (QED) is 0.175. The summed E-state index contributed by atoms with van der Waals surface area (Å²) >= 11 is 0. The largest absolute Gasteiger partial charge is 1.00 e. The van der Waals surface area contributed by atoms with Crippen molar-refractivity contribution in [2.75, 3.05) is 24.1 Å². The van der Waals surface area contributed by atoms with E-state index in [1.165, 1.54) is 30.5 Å². The van der Waals surface area contributed by atoms with Crippen molar-refractivity contribution in [3.05, 3.63) is 107 Å². The Bertz CT molecular complexity index is 1350. The second-order valence-electron chi connectivity index (χ2n) is 7.97. The summed E-state index contributed by atoms with van der Waals surface area (Å²) in [6, 6.07) is 15.7. The van der Waals surface area contributed by atoms with Crippen molar-refractivity contribution in [2.24, 2.45) is 0 Å². The molecule has 9 nitrogen and oxygen atoms in total. The first-order chi connectivity index (χ1) is 17.2. The van der Waals surface area contributed by atoms with Crippen LogP contribution in [0.4, 0.5) is 17.1 Å². The summed E-state index contributed by atoms with van der Waals surface area (Å²) in [5.74, 6) is 0.356. The van der Waals surface area contributed by atoms with E-state index in [-0.39, 0.29) is 30.5 Å². The van der Waals surface area contributed by atoms with Crippen molar-refractivity contribution < 1.29 is 33.0 Å². The fourth-order valence-electron chi connectivity index (χ4n) is 3.43. The van der Waals surface area contributed by atoms with Crippen LogP contribution in [0.5, 0.6) is 0 Å². The third-order valence-electron chi connectivity index (χ3n) is 5.68. The number of carbonyl (C=O) groups excluding carboxylic acids is 1. The Morgan fingerprint density at radius 1 is 1.19 bits per heavy atom. The molecule has 0 aliphatic heterocycles. The van der Waals surface area contributed by atoms with Gasteiger partial charge >= 0.3 is 18.9 Å². The van der Waals surface area contributed by atoms with E-state index >= 15 is 0 Å². The third kappa shape index (κ3) is 7.43. The average Bonchev–Trinajstić information content (AvgIpc) is 3.35. The molecule has 0 unspecified atom stereocenters. The van der Waals surface area contributed by atoms with Gasteiger partial charge in [0.05, 0.1) is 23.9 Å². The number of nitrogens with zero attached hydrogens (tertiary/aromatic N) is 3. The number of benzene rings is 2. The maximum Gasteiger partial charge on any atom is 1.00 e. The fourth-order valence-corrected chi connectivity index (χ4v) is 3.43. The van der Waals surface area contributed by atoms with Crippen molar-refractivity contribution >= 4 is 33.9 Å². The van der Waals surface area contributed by atoms with Gasteiger partial charge in [0.15, 0.2) is 5.69 Å². The summed E-state index contributed by atoms with van der Waals surface area (Å²) in [6.07, 6.45) is 1.52. The van der Waals surface area contributed by atoms with Gasteiger partial charge in [-0.25, -0.2) is 0 Å². The monoisotopic (exact) mass is 493 g/mol. The van der Waals surface area contributed by atoms with Crippen molar-refractivity contribution in [3.8, 4) is 0 Å². The number of carbonyl (C=O) groups is 1. The maximum atomic E-state index is 12.7. The molecular formula is C27H28LiN5O4-2. The first-order valence-electron chi connectivity index (χ1n) is 11.2. The van der Waals surface area contributed by atoms with E-state index in [1.807, 2.05) is 36.9 Å². The van der Waals surface area contributed by atoms with E-state index in [4.69, 9.17) is 10.2 Å². The smallest absolute Gasteiger partial charge is 0.467 e. The number of nitrogens with two attached hydrogens (primary N) is 1. The minimum atomic E-state index is -0.437. The van der Waals surface area contributed by atoms with E-state index in [1.54, 1.807) is 6.07 Å². The Kier molecular flexibility index (Phi) is 10.9. The van der Waals surface area contributed by atoms with E-state index in [0.29, 0.717) is 42.3 Å². The molecule has 1 amide bonds. The fraction of sp³-hybridized carbons (Fsp3) is 0.185. The van der Waals surface area contributed by atoms with Gasteiger partial charge in [0.1, 0.15) is 5.76 Å². The number of nitro benzene ring substituents is 1. The molecule has 0 fully saturated rings. The molecule has 0 radical (unpaired) electrons. The normalized spacial score (nSPS) is 10.4. The summed E-state index contributed by atoms with van der Waals surface area (Å²) in [4.78, 5) is 28.8. The molecule has 4 rings (SSSR count). The van der Waals surface area contributed by atoms with Crippen LogP contribution in [-0.4, -0.2) is 33.8 Å². The van der Waals surface area contributed by atoms with Crippen molar-refractivity contribution in [1.82, 2.24) is 9.88 Å². The molecule has 0 bridgehead atoms. The van der Waals surface area contributed by atoms with Gasteiger partial charge in [-0.15, -0.1) is 13.1 Å². The summed E-state index contributed by atoms with van der Waals surface area (Å²) in [7, 11) is 0. The first-order valence-corrected chi connectivity index (χ1v) is 11.2. The van der Waals surface area contributed by atoms with Crippen molar-refractivity contribution in [3.63, 3.8) is 0 Å². The van der Waals surface area contributed by atoms with Crippen LogP contribution in [0.25, 0.3) is 10.9 Å². The molecule has 0 saturated heterocycles. The van der Waals surface area contributed by atoms with Gasteiger partial charge in [-0.05, 0) is 43.7 Å². The van der Waals surface area contributed by atoms with E-state index < -0.39 is 4.92 Å². The van der Waals surface area contributed by atoms with Gasteiger partial charge in [0.2, 0.25) is 0 Å². The summed E-state index contributed by atoms with van der Waals surface area (Å²) in [5.41, 5.74) is 10.8. The number of anilines is 2. The number of hydrogen-bond donors (Lipinski definition) is 2. The molecule has 2 aromatic carbocycles. The number of nitro groups is 1. The average molecular weight is 493 g/mol. The van der Waals surface area contributed by atoms with Crippen LogP contribution in [0.3, 0.4) is 0 Å². The van der Waals surface area contributed by atoms with Gasteiger partial charge < -0.3 is 34.2 Å². The second-order valence-corrected chi connectivity index (χ2v) is 7.97. The van der Waals surface area contributed by atoms with Crippen LogP contribution in [-0.2, 0) is 6.54 Å². The number of fused-ring (bicyclic) bond motifs is 1. The minimum absolute atomic E-state index is 0. The second kappa shape index (κ2) is 13.6. The van der Waals surface area contributed by atoms with E-state index in [9.17, 15) is 14.9 Å². The zero-order valence-corrected chi connectivity index (χ0v) is 21.3. The van der Waals surface area contributed by atoms with Crippen molar-refractivity contribution in [2.45, 2.75) is 20.4 Å². The number of amides is 1. The Hall–Kier alpha value is -3.64. The molecule has 2 aromatic heterocycles. The molecule has 4 aromatic rings. The molecule has 37 heavy (non-hydrogen) atoms. The molecule has 0 spiro atoms. The molecule has 0 aliphatic rings. The van der Waals surface area contributed by atoms with Crippen LogP contribution in [0.15, 0.2) is 59.2 Å². The number of hydrogen-bond acceptors (Lipinski definition) is 7.